The van der Waals surface area contributed by atoms with Gasteiger partial charge in [-0.15, -0.1) is 0 Å². The highest BCUT2D eigenvalue weighted by Crippen LogP contribution is 2.05. The summed E-state index contributed by atoms with van der Waals surface area (Å²) in [5.74, 6) is 0.0707. The molecule has 0 radical (unpaired) electrons. The number of nitrogens with one attached hydrogen (secondary N) is 2. The summed E-state index contributed by atoms with van der Waals surface area (Å²) in [6.45, 7) is 4.64. The topological polar surface area (TPSA) is 66.9 Å². The van der Waals surface area contributed by atoms with Crippen molar-refractivity contribution in [1.29, 1.82) is 0 Å². The SMILES string of the molecule is CCC(C)NC(=O)CCNc1ncns1. The standard InChI is InChI=1S/C9H16N4OS/c1-3-7(2)13-8(14)4-5-10-9-11-6-12-15-9/h6-7H,3-5H2,1-2H3,(H,13,14)(H,10,11,12). The van der Waals surface area contributed by atoms with E-state index in [0.717, 1.165) is 11.6 Å². The van der Waals surface area contributed by atoms with E-state index in [0.29, 0.717) is 13.0 Å². The van der Waals surface area contributed by atoms with Crippen LogP contribution in [0.25, 0.3) is 0 Å². The van der Waals surface area contributed by atoms with Crippen molar-refractivity contribution in [1.82, 2.24) is 14.7 Å². The van der Waals surface area contributed by atoms with Gasteiger partial charge in [0.1, 0.15) is 6.33 Å². The predicted molar refractivity (Wildman–Crippen MR) is 60.9 cm³/mol. The normalized spacial score (nSPS) is 12.1. The van der Waals surface area contributed by atoms with Crippen molar-refractivity contribution in [2.45, 2.75) is 32.7 Å². The summed E-state index contributed by atoms with van der Waals surface area (Å²) in [4.78, 5) is 15.3. The van der Waals surface area contributed by atoms with Gasteiger partial charge in [0, 0.05) is 30.5 Å². The van der Waals surface area contributed by atoms with Gasteiger partial charge in [0.25, 0.3) is 0 Å². The van der Waals surface area contributed by atoms with Crippen molar-refractivity contribution >= 4 is 22.6 Å². The summed E-state index contributed by atoms with van der Waals surface area (Å²) in [5.41, 5.74) is 0. The molecule has 0 aliphatic carbocycles. The van der Waals surface area contributed by atoms with Gasteiger partial charge in [-0.2, -0.15) is 4.37 Å². The fourth-order valence-corrected chi connectivity index (χ4v) is 1.44. The Kier molecular flexibility index (Phi) is 5.03. The van der Waals surface area contributed by atoms with Crippen LogP contribution in [0.2, 0.25) is 0 Å². The maximum absolute atomic E-state index is 11.4. The van der Waals surface area contributed by atoms with Crippen molar-refractivity contribution in [2.24, 2.45) is 0 Å². The van der Waals surface area contributed by atoms with Gasteiger partial charge < -0.3 is 10.6 Å². The molecule has 1 aromatic heterocycles. The summed E-state index contributed by atoms with van der Waals surface area (Å²) in [7, 11) is 0. The monoisotopic (exact) mass is 228 g/mol. The van der Waals surface area contributed by atoms with E-state index >= 15 is 0 Å². The largest absolute Gasteiger partial charge is 0.360 e. The zero-order valence-electron chi connectivity index (χ0n) is 8.99. The van der Waals surface area contributed by atoms with Crippen LogP contribution < -0.4 is 10.6 Å². The van der Waals surface area contributed by atoms with Crippen molar-refractivity contribution in [3.63, 3.8) is 0 Å². The van der Waals surface area contributed by atoms with E-state index in [1.54, 1.807) is 0 Å². The highest BCUT2D eigenvalue weighted by molar-refractivity contribution is 7.09. The molecule has 1 rings (SSSR count). The molecular formula is C9H16N4OS. The Morgan fingerprint density at radius 1 is 1.67 bits per heavy atom. The van der Waals surface area contributed by atoms with E-state index in [9.17, 15) is 4.79 Å². The third kappa shape index (κ3) is 4.73. The van der Waals surface area contributed by atoms with Crippen LogP contribution >= 0.6 is 11.5 Å². The summed E-state index contributed by atoms with van der Waals surface area (Å²) in [6, 6.07) is 0.249. The average molecular weight is 228 g/mol. The molecule has 6 heteroatoms. The lowest BCUT2D eigenvalue weighted by Gasteiger charge is -2.10. The minimum atomic E-state index is 0.0707. The van der Waals surface area contributed by atoms with Gasteiger partial charge in [-0.25, -0.2) is 4.98 Å². The van der Waals surface area contributed by atoms with Crippen molar-refractivity contribution < 1.29 is 4.79 Å². The maximum atomic E-state index is 11.4. The number of carbonyl (C=O) groups is 1. The zero-order valence-corrected chi connectivity index (χ0v) is 9.80. The van der Waals surface area contributed by atoms with Gasteiger partial charge >= 0.3 is 0 Å². The lowest BCUT2D eigenvalue weighted by atomic mass is 10.2. The minimum Gasteiger partial charge on any atom is -0.360 e. The molecule has 15 heavy (non-hydrogen) atoms. The van der Waals surface area contributed by atoms with Gasteiger partial charge in [-0.3, -0.25) is 4.79 Å². The molecule has 5 nitrogen and oxygen atoms in total. The number of hydrogen-bond donors (Lipinski definition) is 2. The first-order valence-electron chi connectivity index (χ1n) is 5.02. The van der Waals surface area contributed by atoms with Crippen LogP contribution in [0.3, 0.4) is 0 Å². The van der Waals surface area contributed by atoms with E-state index in [2.05, 4.69) is 20.0 Å². The van der Waals surface area contributed by atoms with E-state index in [-0.39, 0.29) is 11.9 Å². The summed E-state index contributed by atoms with van der Waals surface area (Å²) >= 11 is 1.29. The quantitative estimate of drug-likeness (QED) is 0.769. The van der Waals surface area contributed by atoms with Gasteiger partial charge in [-0.05, 0) is 13.3 Å². The molecule has 0 saturated carbocycles. The Balaban J connectivity index is 2.12. The molecule has 0 spiro atoms. The minimum absolute atomic E-state index is 0.0707. The number of hydrogen-bond acceptors (Lipinski definition) is 5. The smallest absolute Gasteiger partial charge is 0.221 e. The van der Waals surface area contributed by atoms with Crippen LogP contribution in [0, 0.1) is 0 Å². The molecule has 0 bridgehead atoms. The molecule has 0 aliphatic rings. The van der Waals surface area contributed by atoms with Gasteiger partial charge in [-0.1, -0.05) is 6.92 Å². The highest BCUT2D eigenvalue weighted by Gasteiger charge is 2.05. The number of anilines is 1. The fraction of sp³-hybridized carbons (Fsp3) is 0.667. The zero-order chi connectivity index (χ0) is 11.1. The predicted octanol–water partition coefficient (Wildman–Crippen LogP) is 1.25. The van der Waals surface area contributed by atoms with Crippen LogP contribution in [0.5, 0.6) is 0 Å². The molecule has 1 heterocycles. The maximum Gasteiger partial charge on any atom is 0.221 e. The second kappa shape index (κ2) is 6.34. The van der Waals surface area contributed by atoms with Crippen LogP contribution in [-0.4, -0.2) is 27.9 Å². The summed E-state index contributed by atoms with van der Waals surface area (Å²) in [6.07, 6.45) is 2.91. The van der Waals surface area contributed by atoms with Crippen molar-refractivity contribution in [3.8, 4) is 0 Å². The molecule has 2 N–H and O–H groups in total. The van der Waals surface area contributed by atoms with Crippen LogP contribution in [0.15, 0.2) is 6.33 Å². The molecule has 1 atom stereocenters. The Hall–Kier alpha value is -1.17. The first-order valence-corrected chi connectivity index (χ1v) is 5.79. The first-order chi connectivity index (χ1) is 7.22. The number of nitrogens with zero attached hydrogens (tertiary/aromatic N) is 2. The van der Waals surface area contributed by atoms with Gasteiger partial charge in [0.2, 0.25) is 11.0 Å². The Bertz CT molecular complexity index is 288. The summed E-state index contributed by atoms with van der Waals surface area (Å²) in [5, 5.41) is 6.68. The Morgan fingerprint density at radius 2 is 2.47 bits per heavy atom. The lowest BCUT2D eigenvalue weighted by Crippen LogP contribution is -2.32. The number of carbonyl (C=O) groups excluding carboxylic acids is 1. The van der Waals surface area contributed by atoms with E-state index in [1.165, 1.54) is 17.9 Å². The van der Waals surface area contributed by atoms with Gasteiger partial charge in [0.05, 0.1) is 0 Å². The molecule has 1 aromatic rings. The Morgan fingerprint density at radius 3 is 3.07 bits per heavy atom. The molecule has 84 valence electrons. The molecular weight excluding hydrogens is 212 g/mol. The van der Waals surface area contributed by atoms with E-state index in [1.807, 2.05) is 13.8 Å². The van der Waals surface area contributed by atoms with Gasteiger partial charge in [0.15, 0.2) is 0 Å². The van der Waals surface area contributed by atoms with Crippen LogP contribution in [-0.2, 0) is 4.79 Å². The van der Waals surface area contributed by atoms with Crippen molar-refractivity contribution in [2.75, 3.05) is 11.9 Å². The third-order valence-electron chi connectivity index (χ3n) is 2.01. The fourth-order valence-electron chi connectivity index (χ4n) is 0.983. The van der Waals surface area contributed by atoms with E-state index < -0.39 is 0 Å². The first kappa shape index (κ1) is 11.9. The van der Waals surface area contributed by atoms with E-state index in [4.69, 9.17) is 0 Å². The second-order valence-corrected chi connectivity index (χ2v) is 4.08. The number of amides is 1. The molecule has 0 aliphatic heterocycles. The Labute approximate surface area is 93.5 Å². The molecule has 1 unspecified atom stereocenters. The van der Waals surface area contributed by atoms with Crippen LogP contribution in [0.4, 0.5) is 5.13 Å². The lowest BCUT2D eigenvalue weighted by molar-refractivity contribution is -0.121. The number of aromatic nitrogens is 2. The van der Waals surface area contributed by atoms with Crippen LogP contribution in [0.1, 0.15) is 26.7 Å². The van der Waals surface area contributed by atoms with Crippen molar-refractivity contribution in [3.05, 3.63) is 6.33 Å². The molecule has 0 aromatic carbocycles. The highest BCUT2D eigenvalue weighted by atomic mass is 32.1. The molecule has 0 fully saturated rings. The number of rotatable bonds is 6. The molecule has 1 amide bonds. The third-order valence-corrected chi connectivity index (χ3v) is 2.63. The average Bonchev–Trinajstić information content (AvgIpc) is 2.70. The summed E-state index contributed by atoms with van der Waals surface area (Å²) < 4.78 is 3.85. The molecule has 0 saturated heterocycles. The second-order valence-electron chi connectivity index (χ2n) is 3.30.